The number of halogens is 4. The third-order valence-corrected chi connectivity index (χ3v) is 2.97. The zero-order valence-corrected chi connectivity index (χ0v) is 13.1. The molecule has 1 aromatic rings. The van der Waals surface area contributed by atoms with Crippen LogP contribution >= 0.6 is 28.1 Å². The molecule has 0 fully saturated rings. The Morgan fingerprint density at radius 3 is 2.67 bits per heavy atom. The molecule has 1 rings (SSSR count). The molecule has 0 aliphatic heterocycles. The van der Waals surface area contributed by atoms with E-state index in [0.717, 1.165) is 0 Å². The van der Waals surface area contributed by atoms with E-state index >= 15 is 0 Å². The number of benzene rings is 1. The average Bonchev–Trinajstić information content (AvgIpc) is 2.33. The molecule has 1 aromatic carbocycles. The van der Waals surface area contributed by atoms with Gasteiger partial charge in [0.1, 0.15) is 11.6 Å². The second kappa shape index (κ2) is 7.71. The van der Waals surface area contributed by atoms with E-state index in [1.165, 1.54) is 0 Å². The van der Waals surface area contributed by atoms with Gasteiger partial charge in [-0.25, -0.2) is 0 Å². The van der Waals surface area contributed by atoms with Crippen molar-refractivity contribution in [3.05, 3.63) is 28.2 Å². The predicted octanol–water partition coefficient (Wildman–Crippen LogP) is 2.99. The summed E-state index contributed by atoms with van der Waals surface area (Å²) >= 11 is 8.09. The Morgan fingerprint density at radius 1 is 1.43 bits per heavy atom. The van der Waals surface area contributed by atoms with E-state index < -0.39 is 18.7 Å². The normalized spacial score (nSPS) is 11.2. The summed E-state index contributed by atoms with van der Waals surface area (Å²) in [5.41, 5.74) is 6.38. The first kappa shape index (κ1) is 17.9. The van der Waals surface area contributed by atoms with Gasteiger partial charge in [-0.05, 0) is 18.2 Å². The number of amides is 1. The molecule has 0 bridgehead atoms. The van der Waals surface area contributed by atoms with Gasteiger partial charge in [-0.1, -0.05) is 28.1 Å². The van der Waals surface area contributed by atoms with Gasteiger partial charge in [0.2, 0.25) is 5.91 Å². The van der Waals surface area contributed by atoms with Gasteiger partial charge >= 0.3 is 6.18 Å². The third-order valence-electron chi connectivity index (χ3n) is 2.26. The molecule has 0 aliphatic carbocycles. The highest BCUT2D eigenvalue weighted by Gasteiger charge is 2.27. The summed E-state index contributed by atoms with van der Waals surface area (Å²) in [7, 11) is 0. The molecule has 0 saturated heterocycles. The summed E-state index contributed by atoms with van der Waals surface area (Å²) < 4.78 is 40.6. The molecule has 0 atom stereocenters. The van der Waals surface area contributed by atoms with Crippen LogP contribution in [0.5, 0.6) is 0 Å². The number of ether oxygens (including phenoxy) is 1. The van der Waals surface area contributed by atoms with Gasteiger partial charge in [0.25, 0.3) is 0 Å². The molecule has 0 heterocycles. The van der Waals surface area contributed by atoms with Crippen molar-refractivity contribution in [2.45, 2.75) is 12.6 Å². The van der Waals surface area contributed by atoms with E-state index in [4.69, 9.17) is 18.0 Å². The lowest BCUT2D eigenvalue weighted by Crippen LogP contribution is -2.21. The lowest BCUT2D eigenvalue weighted by molar-refractivity contribution is -0.174. The van der Waals surface area contributed by atoms with Crippen LogP contribution in [0.3, 0.4) is 0 Å². The number of carbonyl (C=O) groups excluding carboxylic acids is 1. The van der Waals surface area contributed by atoms with Crippen molar-refractivity contribution < 1.29 is 22.7 Å². The average molecular weight is 385 g/mol. The van der Waals surface area contributed by atoms with Gasteiger partial charge < -0.3 is 15.8 Å². The van der Waals surface area contributed by atoms with E-state index in [-0.39, 0.29) is 18.0 Å². The molecule has 0 radical (unpaired) electrons. The van der Waals surface area contributed by atoms with Crippen molar-refractivity contribution in [3.8, 4) is 0 Å². The molecule has 0 spiro atoms. The topological polar surface area (TPSA) is 64.3 Å². The fourth-order valence-electron chi connectivity index (χ4n) is 1.40. The highest BCUT2D eigenvalue weighted by atomic mass is 79.9. The van der Waals surface area contributed by atoms with Gasteiger partial charge in [0.05, 0.1) is 18.7 Å². The summed E-state index contributed by atoms with van der Waals surface area (Å²) in [6.07, 6.45) is -4.61. The van der Waals surface area contributed by atoms with Crippen molar-refractivity contribution in [1.29, 1.82) is 0 Å². The van der Waals surface area contributed by atoms with Crippen LogP contribution in [0.25, 0.3) is 0 Å². The number of hydrogen-bond acceptors (Lipinski definition) is 3. The maximum Gasteiger partial charge on any atom is 0.411 e. The third kappa shape index (κ3) is 6.87. The Kier molecular flexibility index (Phi) is 6.56. The monoisotopic (exact) mass is 384 g/mol. The summed E-state index contributed by atoms with van der Waals surface area (Å²) in [6, 6.07) is 4.93. The standard InChI is InChI=1S/C12H12BrF3N2O2S/c13-7-1-2-8(11(17)21)9(5-7)18-10(19)3-4-20-6-12(14,15)16/h1-2,5H,3-4,6H2,(H2,17,21)(H,18,19). The number of anilines is 1. The molecule has 0 aromatic heterocycles. The first-order valence-corrected chi connectivity index (χ1v) is 6.93. The van der Waals surface area contributed by atoms with E-state index in [2.05, 4.69) is 26.0 Å². The quantitative estimate of drug-likeness (QED) is 0.584. The molecular formula is C12H12BrF3N2O2S. The van der Waals surface area contributed by atoms with E-state index in [0.29, 0.717) is 15.7 Å². The van der Waals surface area contributed by atoms with E-state index in [1.807, 2.05) is 0 Å². The van der Waals surface area contributed by atoms with Crippen molar-refractivity contribution in [1.82, 2.24) is 0 Å². The largest absolute Gasteiger partial charge is 0.411 e. The van der Waals surface area contributed by atoms with E-state index in [9.17, 15) is 18.0 Å². The number of nitrogens with two attached hydrogens (primary N) is 1. The first-order valence-electron chi connectivity index (χ1n) is 5.73. The zero-order chi connectivity index (χ0) is 16.0. The van der Waals surface area contributed by atoms with Crippen LogP contribution in [-0.4, -0.2) is 30.3 Å². The van der Waals surface area contributed by atoms with Gasteiger partial charge in [-0.3, -0.25) is 4.79 Å². The van der Waals surface area contributed by atoms with Crippen molar-refractivity contribution in [2.75, 3.05) is 18.5 Å². The summed E-state index contributed by atoms with van der Waals surface area (Å²) in [5.74, 6) is -0.493. The highest BCUT2D eigenvalue weighted by molar-refractivity contribution is 9.10. The fourth-order valence-corrected chi connectivity index (χ4v) is 1.94. The van der Waals surface area contributed by atoms with Crippen LogP contribution in [0.15, 0.2) is 22.7 Å². The molecule has 1 amide bonds. The Balaban J connectivity index is 2.55. The number of hydrogen-bond donors (Lipinski definition) is 2. The number of carbonyl (C=O) groups is 1. The highest BCUT2D eigenvalue weighted by Crippen LogP contribution is 2.21. The number of thiocarbonyl (C=S) groups is 1. The van der Waals surface area contributed by atoms with Crippen LogP contribution in [0.2, 0.25) is 0 Å². The molecular weight excluding hydrogens is 373 g/mol. The Morgan fingerprint density at radius 2 is 2.10 bits per heavy atom. The SMILES string of the molecule is NC(=S)c1ccc(Br)cc1NC(=O)CCOCC(F)(F)F. The minimum atomic E-state index is -4.40. The molecule has 21 heavy (non-hydrogen) atoms. The molecule has 9 heteroatoms. The summed E-state index contributed by atoms with van der Waals surface area (Å²) in [4.78, 5) is 11.8. The summed E-state index contributed by atoms with van der Waals surface area (Å²) in [5, 5.41) is 2.53. The molecule has 4 nitrogen and oxygen atoms in total. The van der Waals surface area contributed by atoms with Gasteiger partial charge in [0.15, 0.2) is 0 Å². The van der Waals surface area contributed by atoms with Gasteiger partial charge in [-0.2, -0.15) is 13.2 Å². The van der Waals surface area contributed by atoms with Crippen molar-refractivity contribution in [2.24, 2.45) is 5.73 Å². The van der Waals surface area contributed by atoms with Gasteiger partial charge in [-0.15, -0.1) is 0 Å². The first-order chi connectivity index (χ1) is 9.69. The van der Waals surface area contributed by atoms with Crippen molar-refractivity contribution in [3.63, 3.8) is 0 Å². The minimum absolute atomic E-state index is 0.103. The van der Waals surface area contributed by atoms with E-state index in [1.54, 1.807) is 18.2 Å². The van der Waals surface area contributed by atoms with Crippen LogP contribution in [0.4, 0.5) is 18.9 Å². The smallest absolute Gasteiger partial charge is 0.389 e. The Bertz CT molecular complexity index is 538. The Hall–Kier alpha value is -1.19. The second-order valence-electron chi connectivity index (χ2n) is 4.02. The lowest BCUT2D eigenvalue weighted by Gasteiger charge is -2.11. The molecule has 0 saturated carbocycles. The number of nitrogens with one attached hydrogen (secondary N) is 1. The maximum absolute atomic E-state index is 11.9. The van der Waals surface area contributed by atoms with Crippen LogP contribution < -0.4 is 11.1 Å². The molecule has 0 aliphatic rings. The molecule has 116 valence electrons. The lowest BCUT2D eigenvalue weighted by atomic mass is 10.1. The van der Waals surface area contributed by atoms with Crippen LogP contribution in [-0.2, 0) is 9.53 Å². The predicted molar refractivity (Wildman–Crippen MR) is 80.2 cm³/mol. The van der Waals surface area contributed by atoms with Crippen molar-refractivity contribution >= 4 is 44.7 Å². The van der Waals surface area contributed by atoms with Crippen LogP contribution in [0.1, 0.15) is 12.0 Å². The zero-order valence-electron chi connectivity index (χ0n) is 10.7. The molecule has 0 unspecified atom stereocenters. The van der Waals surface area contributed by atoms with Crippen LogP contribution in [0, 0.1) is 0 Å². The fraction of sp³-hybridized carbons (Fsp3) is 0.333. The number of alkyl halides is 3. The van der Waals surface area contributed by atoms with Gasteiger partial charge in [0, 0.05) is 10.0 Å². The maximum atomic E-state index is 11.9. The Labute approximate surface area is 133 Å². The summed E-state index contributed by atoms with van der Waals surface area (Å²) in [6.45, 7) is -1.71. The molecule has 3 N–H and O–H groups in total. The number of rotatable bonds is 6. The minimum Gasteiger partial charge on any atom is -0.389 e. The second-order valence-corrected chi connectivity index (χ2v) is 5.38.